The van der Waals surface area contributed by atoms with E-state index in [9.17, 15) is 4.79 Å². The van der Waals surface area contributed by atoms with Gasteiger partial charge in [-0.3, -0.25) is 4.79 Å². The number of hydrogen-bond donors (Lipinski definition) is 0. The molecule has 0 radical (unpaired) electrons. The predicted octanol–water partition coefficient (Wildman–Crippen LogP) is 3.83. The van der Waals surface area contributed by atoms with Crippen LogP contribution in [0.5, 0.6) is 0 Å². The zero-order valence-corrected chi connectivity index (χ0v) is 12.5. The molecule has 0 N–H and O–H groups in total. The molecule has 2 nitrogen and oxygen atoms in total. The molecule has 1 aromatic carbocycles. The van der Waals surface area contributed by atoms with Crippen LogP contribution < -0.4 is 0 Å². The van der Waals surface area contributed by atoms with Gasteiger partial charge in [-0.2, -0.15) is 11.3 Å². The number of aryl methyl sites for hydroxylation is 1. The molecule has 0 aliphatic heterocycles. The van der Waals surface area contributed by atoms with Gasteiger partial charge in [-0.25, -0.2) is 0 Å². The molecule has 2 aromatic rings. The maximum absolute atomic E-state index is 12.5. The van der Waals surface area contributed by atoms with Crippen molar-refractivity contribution in [3.8, 4) is 0 Å². The first-order valence-corrected chi connectivity index (χ1v) is 8.04. The van der Waals surface area contributed by atoms with Crippen LogP contribution in [0.4, 0.5) is 0 Å². The maximum Gasteiger partial charge on any atom is 0.227 e. The Morgan fingerprint density at radius 1 is 1.35 bits per heavy atom. The monoisotopic (exact) mass is 285 g/mol. The second kappa shape index (κ2) is 5.80. The minimum absolute atomic E-state index is 0.213. The van der Waals surface area contributed by atoms with Gasteiger partial charge in [-0.1, -0.05) is 24.3 Å². The summed E-state index contributed by atoms with van der Waals surface area (Å²) in [6.45, 7) is 0. The van der Waals surface area contributed by atoms with E-state index in [2.05, 4.69) is 29.6 Å². The van der Waals surface area contributed by atoms with Crippen LogP contribution in [0.2, 0.25) is 0 Å². The first kappa shape index (κ1) is 13.4. The first-order chi connectivity index (χ1) is 9.75. The second-order valence-corrected chi connectivity index (χ2v) is 6.20. The molecule has 0 fully saturated rings. The molecule has 3 heteroatoms. The molecule has 104 valence electrons. The molecule has 1 atom stereocenters. The number of rotatable bonds is 3. The molecular formula is C17H19NOS. The van der Waals surface area contributed by atoms with Gasteiger partial charge in [0, 0.05) is 7.05 Å². The molecule has 0 bridgehead atoms. The van der Waals surface area contributed by atoms with Crippen LogP contribution in [0.3, 0.4) is 0 Å². The zero-order valence-electron chi connectivity index (χ0n) is 11.7. The molecule has 0 spiro atoms. The van der Waals surface area contributed by atoms with Crippen molar-refractivity contribution >= 4 is 17.2 Å². The van der Waals surface area contributed by atoms with Crippen LogP contribution in [0.25, 0.3) is 0 Å². The first-order valence-electron chi connectivity index (χ1n) is 7.10. The summed E-state index contributed by atoms with van der Waals surface area (Å²) in [4.78, 5) is 14.4. The highest BCUT2D eigenvalue weighted by Crippen LogP contribution is 2.33. The van der Waals surface area contributed by atoms with Crippen LogP contribution >= 0.6 is 11.3 Å². The van der Waals surface area contributed by atoms with Gasteiger partial charge in [-0.05, 0) is 52.8 Å². The summed E-state index contributed by atoms with van der Waals surface area (Å²) in [6, 6.07) is 10.8. The van der Waals surface area contributed by atoms with Crippen molar-refractivity contribution in [1.29, 1.82) is 0 Å². The van der Waals surface area contributed by atoms with Crippen molar-refractivity contribution in [3.63, 3.8) is 0 Å². The number of nitrogens with zero attached hydrogens (tertiary/aromatic N) is 1. The van der Waals surface area contributed by atoms with Crippen molar-refractivity contribution in [2.24, 2.45) is 0 Å². The van der Waals surface area contributed by atoms with E-state index >= 15 is 0 Å². The maximum atomic E-state index is 12.5. The average Bonchev–Trinajstić information content (AvgIpc) is 2.99. The molecule has 0 saturated heterocycles. The molecule has 1 heterocycles. The molecule has 20 heavy (non-hydrogen) atoms. The number of carbonyl (C=O) groups excluding carboxylic acids is 1. The van der Waals surface area contributed by atoms with Crippen molar-refractivity contribution in [2.45, 2.75) is 31.7 Å². The Balaban J connectivity index is 1.77. The van der Waals surface area contributed by atoms with Gasteiger partial charge in [0.2, 0.25) is 5.91 Å². The van der Waals surface area contributed by atoms with Gasteiger partial charge >= 0.3 is 0 Å². The van der Waals surface area contributed by atoms with Crippen molar-refractivity contribution in [2.75, 3.05) is 7.05 Å². The van der Waals surface area contributed by atoms with E-state index in [1.807, 2.05) is 23.4 Å². The Morgan fingerprint density at radius 3 is 3.00 bits per heavy atom. The lowest BCUT2D eigenvalue weighted by molar-refractivity contribution is -0.131. The molecule has 3 rings (SSSR count). The molecule has 1 amide bonds. The SMILES string of the molecule is CN(C(=O)Cc1ccsc1)[C@H]1CCCc2ccccc21. The third-order valence-corrected chi connectivity index (χ3v) is 4.87. The molecule has 0 unspecified atom stereocenters. The quantitative estimate of drug-likeness (QED) is 0.839. The number of carbonyl (C=O) groups is 1. The molecular weight excluding hydrogens is 266 g/mol. The topological polar surface area (TPSA) is 20.3 Å². The van der Waals surface area contributed by atoms with Crippen LogP contribution in [-0.4, -0.2) is 17.9 Å². The molecule has 1 aliphatic carbocycles. The van der Waals surface area contributed by atoms with Crippen molar-refractivity contribution < 1.29 is 4.79 Å². The van der Waals surface area contributed by atoms with Gasteiger partial charge < -0.3 is 4.90 Å². The van der Waals surface area contributed by atoms with Crippen LogP contribution in [0, 0.1) is 0 Å². The van der Waals surface area contributed by atoms with Gasteiger partial charge in [0.15, 0.2) is 0 Å². The van der Waals surface area contributed by atoms with Crippen molar-refractivity contribution in [3.05, 3.63) is 57.8 Å². The summed E-state index contributed by atoms with van der Waals surface area (Å²) in [5.41, 5.74) is 3.86. The van der Waals surface area contributed by atoms with Gasteiger partial charge in [-0.15, -0.1) is 0 Å². The Labute approximate surface area is 124 Å². The Morgan fingerprint density at radius 2 is 2.20 bits per heavy atom. The molecule has 0 saturated carbocycles. The smallest absolute Gasteiger partial charge is 0.227 e. The van der Waals surface area contributed by atoms with E-state index in [0.29, 0.717) is 6.42 Å². The van der Waals surface area contributed by atoms with Gasteiger partial charge in [0.1, 0.15) is 0 Å². The largest absolute Gasteiger partial charge is 0.338 e. The summed E-state index contributed by atoms with van der Waals surface area (Å²) in [7, 11) is 1.95. The number of likely N-dealkylation sites (N-methyl/N-ethyl adjacent to an activating group) is 1. The Kier molecular flexibility index (Phi) is 3.88. The second-order valence-electron chi connectivity index (χ2n) is 5.42. The minimum atomic E-state index is 0.213. The molecule has 1 aliphatic rings. The third kappa shape index (κ3) is 2.63. The van der Waals surface area contributed by atoms with E-state index in [4.69, 9.17) is 0 Å². The van der Waals surface area contributed by atoms with Crippen LogP contribution in [0.1, 0.15) is 35.6 Å². The fraction of sp³-hybridized carbons (Fsp3) is 0.353. The number of hydrogen-bond acceptors (Lipinski definition) is 2. The van der Waals surface area contributed by atoms with E-state index in [0.717, 1.165) is 24.8 Å². The number of benzene rings is 1. The Bertz CT molecular complexity index is 591. The zero-order chi connectivity index (χ0) is 13.9. The summed E-state index contributed by atoms with van der Waals surface area (Å²) < 4.78 is 0. The van der Waals surface area contributed by atoms with Crippen molar-refractivity contribution in [1.82, 2.24) is 4.90 Å². The summed E-state index contributed by atoms with van der Waals surface area (Å²) >= 11 is 1.65. The predicted molar refractivity (Wildman–Crippen MR) is 82.9 cm³/mol. The molecule has 1 aromatic heterocycles. The normalized spacial score (nSPS) is 17.6. The van der Waals surface area contributed by atoms with Crippen LogP contribution in [0.15, 0.2) is 41.1 Å². The highest BCUT2D eigenvalue weighted by molar-refractivity contribution is 7.07. The van der Waals surface area contributed by atoms with E-state index < -0.39 is 0 Å². The number of amides is 1. The lowest BCUT2D eigenvalue weighted by atomic mass is 9.87. The fourth-order valence-electron chi connectivity index (χ4n) is 3.00. The van der Waals surface area contributed by atoms with E-state index in [1.165, 1.54) is 11.1 Å². The lowest BCUT2D eigenvalue weighted by Gasteiger charge is -2.33. The number of fused-ring (bicyclic) bond motifs is 1. The highest BCUT2D eigenvalue weighted by Gasteiger charge is 2.26. The average molecular weight is 285 g/mol. The van der Waals surface area contributed by atoms with E-state index in [-0.39, 0.29) is 11.9 Å². The summed E-state index contributed by atoms with van der Waals surface area (Å²) in [6.07, 6.45) is 3.89. The van der Waals surface area contributed by atoms with Gasteiger partial charge in [0.25, 0.3) is 0 Å². The minimum Gasteiger partial charge on any atom is -0.338 e. The highest BCUT2D eigenvalue weighted by atomic mass is 32.1. The fourth-order valence-corrected chi connectivity index (χ4v) is 3.67. The number of thiophene rings is 1. The lowest BCUT2D eigenvalue weighted by Crippen LogP contribution is -2.34. The Hall–Kier alpha value is -1.61. The summed E-state index contributed by atoms with van der Waals surface area (Å²) in [5.74, 6) is 0.213. The van der Waals surface area contributed by atoms with E-state index in [1.54, 1.807) is 11.3 Å². The standard InChI is InChI=1S/C17H19NOS/c1-18(17(19)11-13-9-10-20-12-13)16-8-4-6-14-5-2-3-7-15(14)16/h2-3,5,7,9-10,12,16H,4,6,8,11H2,1H3/t16-/m0/s1. The van der Waals surface area contributed by atoms with Gasteiger partial charge in [0.05, 0.1) is 12.5 Å². The van der Waals surface area contributed by atoms with Crippen LogP contribution in [-0.2, 0) is 17.6 Å². The third-order valence-electron chi connectivity index (χ3n) is 4.13. The summed E-state index contributed by atoms with van der Waals surface area (Å²) in [5, 5.41) is 4.08.